The maximum absolute atomic E-state index is 12.1. The van der Waals surface area contributed by atoms with E-state index in [9.17, 15) is 14.4 Å². The molecular weight excluding hydrogens is 294 g/mol. The number of carbonyl (C=O) groups is 2. The van der Waals surface area contributed by atoms with E-state index in [1.165, 1.54) is 22.5 Å². The molecule has 0 spiro atoms. The number of aromatic nitrogens is 2. The molecule has 1 atom stereocenters. The fourth-order valence-corrected chi connectivity index (χ4v) is 3.03. The molecule has 1 aliphatic rings. The number of amides is 1. The molecule has 0 aliphatic carbocycles. The Balaban J connectivity index is 2.04. The third-order valence-corrected chi connectivity index (χ3v) is 4.36. The first-order chi connectivity index (χ1) is 10.0. The van der Waals surface area contributed by atoms with Crippen LogP contribution in [0.15, 0.2) is 16.1 Å². The van der Waals surface area contributed by atoms with Gasteiger partial charge in [-0.25, -0.2) is 4.98 Å². The minimum absolute atomic E-state index is 0.00512. The van der Waals surface area contributed by atoms with Crippen LogP contribution in [-0.4, -0.2) is 38.8 Å². The summed E-state index contributed by atoms with van der Waals surface area (Å²) >= 11 is 1.49. The van der Waals surface area contributed by atoms with Gasteiger partial charge in [0.1, 0.15) is 5.56 Å². The number of carboxylic acids is 1. The number of carboxylic acid groups (broad SMARTS) is 1. The van der Waals surface area contributed by atoms with Crippen molar-refractivity contribution in [3.05, 3.63) is 22.1 Å². The lowest BCUT2D eigenvalue weighted by atomic mass is 10.0. The minimum Gasteiger partial charge on any atom is -0.481 e. The molecule has 1 amide bonds. The quantitative estimate of drug-likeness (QED) is 0.745. The molecule has 21 heavy (non-hydrogen) atoms. The van der Waals surface area contributed by atoms with Crippen LogP contribution in [0, 0.1) is 5.92 Å². The number of carbonyl (C=O) groups excluding carboxylic acids is 1. The van der Waals surface area contributed by atoms with Crippen molar-refractivity contribution in [2.75, 3.05) is 12.3 Å². The van der Waals surface area contributed by atoms with E-state index in [-0.39, 0.29) is 30.0 Å². The highest BCUT2D eigenvalue weighted by Crippen LogP contribution is 2.20. The van der Waals surface area contributed by atoms with Crippen LogP contribution in [0.2, 0.25) is 0 Å². The summed E-state index contributed by atoms with van der Waals surface area (Å²) in [7, 11) is 0. The summed E-state index contributed by atoms with van der Waals surface area (Å²) in [6, 6.07) is 0. The fourth-order valence-electron chi connectivity index (χ4n) is 2.11. The maximum atomic E-state index is 12.1. The van der Waals surface area contributed by atoms with Crippen LogP contribution in [-0.2, 0) is 11.3 Å². The van der Waals surface area contributed by atoms with E-state index >= 15 is 0 Å². The Morgan fingerprint density at radius 1 is 1.57 bits per heavy atom. The Morgan fingerprint density at radius 2 is 2.33 bits per heavy atom. The number of nitrogens with zero attached hydrogens (tertiary/aromatic N) is 2. The van der Waals surface area contributed by atoms with E-state index < -0.39 is 11.9 Å². The summed E-state index contributed by atoms with van der Waals surface area (Å²) in [5.41, 5.74) is -0.333. The number of hydrogen-bond acceptors (Lipinski definition) is 5. The first-order valence-electron chi connectivity index (χ1n) is 6.75. The van der Waals surface area contributed by atoms with E-state index in [0.717, 1.165) is 5.75 Å². The second-order valence-corrected chi connectivity index (χ2v) is 5.90. The second-order valence-electron chi connectivity index (χ2n) is 4.84. The Bertz CT molecular complexity index is 614. The second kappa shape index (κ2) is 6.75. The van der Waals surface area contributed by atoms with Gasteiger partial charge in [-0.2, -0.15) is 0 Å². The number of nitrogens with one attached hydrogen (secondary N) is 1. The predicted molar refractivity (Wildman–Crippen MR) is 77.6 cm³/mol. The van der Waals surface area contributed by atoms with Crippen molar-refractivity contribution in [2.45, 2.75) is 31.5 Å². The van der Waals surface area contributed by atoms with Gasteiger partial charge in [0.05, 0.1) is 0 Å². The number of rotatable bonds is 6. The number of hydrogen-bond donors (Lipinski definition) is 2. The lowest BCUT2D eigenvalue weighted by molar-refractivity contribution is -0.138. The predicted octanol–water partition coefficient (Wildman–Crippen LogP) is 0.580. The molecule has 7 nitrogen and oxygen atoms in total. The first-order valence-corrected chi connectivity index (χ1v) is 7.74. The van der Waals surface area contributed by atoms with E-state index in [0.29, 0.717) is 18.1 Å². The van der Waals surface area contributed by atoms with Gasteiger partial charge >= 0.3 is 5.97 Å². The molecule has 1 aromatic rings. The van der Waals surface area contributed by atoms with Crippen LogP contribution in [0.4, 0.5) is 0 Å². The molecule has 0 bridgehead atoms. The average molecular weight is 311 g/mol. The van der Waals surface area contributed by atoms with E-state index in [1.54, 1.807) is 0 Å². The van der Waals surface area contributed by atoms with Crippen LogP contribution in [0.25, 0.3) is 0 Å². The minimum atomic E-state index is -0.896. The van der Waals surface area contributed by atoms with Crippen LogP contribution in [0.3, 0.4) is 0 Å². The molecular formula is C13H17N3O4S. The summed E-state index contributed by atoms with van der Waals surface area (Å²) in [4.78, 5) is 39.0. The molecule has 0 saturated heterocycles. The zero-order valence-corrected chi connectivity index (χ0v) is 12.5. The summed E-state index contributed by atoms with van der Waals surface area (Å²) < 4.78 is 1.49. The van der Waals surface area contributed by atoms with Crippen LogP contribution < -0.4 is 10.9 Å². The van der Waals surface area contributed by atoms with Crippen molar-refractivity contribution in [1.29, 1.82) is 0 Å². The van der Waals surface area contributed by atoms with Gasteiger partial charge < -0.3 is 10.4 Å². The van der Waals surface area contributed by atoms with Gasteiger partial charge in [0.25, 0.3) is 11.5 Å². The van der Waals surface area contributed by atoms with Crippen molar-refractivity contribution < 1.29 is 14.7 Å². The van der Waals surface area contributed by atoms with Crippen LogP contribution in [0.5, 0.6) is 0 Å². The molecule has 0 radical (unpaired) electrons. The van der Waals surface area contributed by atoms with Crippen LogP contribution >= 0.6 is 11.8 Å². The van der Waals surface area contributed by atoms with Crippen molar-refractivity contribution in [1.82, 2.24) is 14.9 Å². The fraction of sp³-hybridized carbons (Fsp3) is 0.538. The molecule has 2 rings (SSSR count). The molecule has 0 fully saturated rings. The largest absolute Gasteiger partial charge is 0.481 e. The van der Waals surface area contributed by atoms with Crippen molar-refractivity contribution in [2.24, 2.45) is 5.92 Å². The summed E-state index contributed by atoms with van der Waals surface area (Å²) in [6.07, 6.45) is 1.93. The van der Waals surface area contributed by atoms with Gasteiger partial charge in [0, 0.05) is 31.5 Å². The molecule has 2 N–H and O–H groups in total. The van der Waals surface area contributed by atoms with E-state index in [2.05, 4.69) is 10.3 Å². The van der Waals surface area contributed by atoms with Gasteiger partial charge in [0.15, 0.2) is 5.16 Å². The third kappa shape index (κ3) is 3.63. The zero-order chi connectivity index (χ0) is 15.4. The smallest absolute Gasteiger partial charge is 0.303 e. The first kappa shape index (κ1) is 15.6. The van der Waals surface area contributed by atoms with Gasteiger partial charge in [-0.05, 0) is 5.92 Å². The maximum Gasteiger partial charge on any atom is 0.303 e. The monoisotopic (exact) mass is 311 g/mol. The molecule has 1 aromatic heterocycles. The summed E-state index contributed by atoms with van der Waals surface area (Å²) in [5, 5.41) is 12.0. The number of fused-ring (bicyclic) bond motifs is 1. The highest BCUT2D eigenvalue weighted by atomic mass is 32.2. The average Bonchev–Trinajstić information content (AvgIpc) is 2.92. The van der Waals surface area contributed by atoms with Crippen LogP contribution in [0.1, 0.15) is 30.1 Å². The Hall–Kier alpha value is -1.83. The Labute approximate surface area is 125 Å². The molecule has 8 heteroatoms. The molecule has 0 aromatic carbocycles. The topological polar surface area (TPSA) is 101 Å². The zero-order valence-electron chi connectivity index (χ0n) is 11.7. The molecule has 1 aliphatic heterocycles. The number of aliphatic carboxylic acids is 1. The Morgan fingerprint density at radius 3 is 3.00 bits per heavy atom. The van der Waals surface area contributed by atoms with Crippen molar-refractivity contribution in [3.63, 3.8) is 0 Å². The Kier molecular flexibility index (Phi) is 5.00. The number of thioether (sulfide) groups is 1. The summed E-state index contributed by atoms with van der Waals surface area (Å²) in [6.45, 7) is 2.66. The van der Waals surface area contributed by atoms with Crippen molar-refractivity contribution >= 4 is 23.6 Å². The molecule has 0 saturated carbocycles. The van der Waals surface area contributed by atoms with E-state index in [1.807, 2.05) is 6.92 Å². The van der Waals surface area contributed by atoms with Crippen molar-refractivity contribution in [3.8, 4) is 0 Å². The van der Waals surface area contributed by atoms with E-state index in [4.69, 9.17) is 5.11 Å². The highest BCUT2D eigenvalue weighted by Gasteiger charge is 2.20. The summed E-state index contributed by atoms with van der Waals surface area (Å²) in [5.74, 6) is -0.757. The standard InChI is InChI=1S/C13H17N3O4S/c1-2-8(5-10(17)18)6-14-11(19)9-7-15-13-16(12(9)20)3-4-21-13/h7-8H,2-6H2,1H3,(H,14,19)(H,17,18). The molecule has 114 valence electrons. The normalized spacial score (nSPS) is 14.5. The van der Waals surface area contributed by atoms with Gasteiger partial charge in [-0.1, -0.05) is 25.1 Å². The lowest BCUT2D eigenvalue weighted by Gasteiger charge is -2.13. The molecule has 2 heterocycles. The van der Waals surface area contributed by atoms with Gasteiger partial charge in [-0.15, -0.1) is 0 Å². The molecule has 1 unspecified atom stereocenters. The van der Waals surface area contributed by atoms with Gasteiger partial charge in [0.2, 0.25) is 0 Å². The van der Waals surface area contributed by atoms with Gasteiger partial charge in [-0.3, -0.25) is 19.0 Å². The third-order valence-electron chi connectivity index (χ3n) is 3.39. The highest BCUT2D eigenvalue weighted by molar-refractivity contribution is 7.99. The lowest BCUT2D eigenvalue weighted by Crippen LogP contribution is -2.36. The SMILES string of the molecule is CCC(CNC(=O)c1cnc2n(c1=O)CCS2)CC(=O)O.